The van der Waals surface area contributed by atoms with Crippen molar-refractivity contribution >= 4 is 17.9 Å². The molecule has 0 aromatic heterocycles. The van der Waals surface area contributed by atoms with Crippen LogP contribution in [0.4, 0.5) is 30.7 Å². The van der Waals surface area contributed by atoms with E-state index in [0.717, 1.165) is 13.3 Å². The number of rotatable bonds is 9. The van der Waals surface area contributed by atoms with Gasteiger partial charge in [-0.3, -0.25) is 14.4 Å². The summed E-state index contributed by atoms with van der Waals surface area (Å²) >= 11 is 0. The van der Waals surface area contributed by atoms with E-state index in [1.807, 2.05) is 20.8 Å². The Labute approximate surface area is 306 Å². The van der Waals surface area contributed by atoms with Crippen LogP contribution >= 0.6 is 0 Å². The Morgan fingerprint density at radius 3 is 1.60 bits per heavy atom. The van der Waals surface area contributed by atoms with Crippen molar-refractivity contribution in [1.82, 2.24) is 0 Å². The van der Waals surface area contributed by atoms with Gasteiger partial charge in [-0.25, -0.2) is 0 Å². The molecular weight excluding hydrogens is 705 g/mol. The third-order valence-electron chi connectivity index (χ3n) is 10.5. The fourth-order valence-electron chi connectivity index (χ4n) is 6.72. The molecule has 8 nitrogen and oxygen atoms in total. The molecule has 4 saturated carbocycles. The van der Waals surface area contributed by atoms with Crippen LogP contribution in [-0.4, -0.2) is 73.2 Å². The van der Waals surface area contributed by atoms with E-state index in [1.165, 1.54) is 6.92 Å². The third-order valence-corrected chi connectivity index (χ3v) is 10.5. The van der Waals surface area contributed by atoms with Crippen molar-refractivity contribution < 1.29 is 68.8 Å². The van der Waals surface area contributed by atoms with Crippen LogP contribution < -0.4 is 0 Å². The Kier molecular flexibility index (Phi) is 17.5. The number of esters is 3. The molecule has 0 radical (unpaired) electrons. The Hall–Kier alpha value is -2.16. The molecule has 4 bridgehead atoms. The smallest absolute Gasteiger partial charge is 0.425 e. The van der Waals surface area contributed by atoms with Crippen LogP contribution in [0, 0.1) is 28.1 Å². The van der Waals surface area contributed by atoms with Gasteiger partial charge in [0.05, 0.1) is 16.2 Å². The molecule has 0 spiro atoms. The van der Waals surface area contributed by atoms with E-state index in [2.05, 4.69) is 4.74 Å². The average Bonchev–Trinajstić information content (AvgIpc) is 3.04. The van der Waals surface area contributed by atoms with Gasteiger partial charge in [-0.05, 0) is 98.3 Å². The normalized spacial score (nSPS) is 28.7. The molecule has 3 atom stereocenters. The lowest BCUT2D eigenvalue weighted by atomic mass is 9.48. The van der Waals surface area contributed by atoms with E-state index in [4.69, 9.17) is 18.9 Å². The summed E-state index contributed by atoms with van der Waals surface area (Å²) in [5, 5.41) is 0. The molecule has 5 aliphatic rings. The van der Waals surface area contributed by atoms with Gasteiger partial charge in [0.15, 0.2) is 6.10 Å². The number of hydrogen-bond donors (Lipinski definition) is 0. The Morgan fingerprint density at radius 1 is 0.769 bits per heavy atom. The maximum absolute atomic E-state index is 13.6. The number of halogens is 7. The van der Waals surface area contributed by atoms with Crippen LogP contribution in [0.25, 0.3) is 0 Å². The zero-order chi connectivity index (χ0) is 36.8. The lowest BCUT2D eigenvalue weighted by molar-refractivity contribution is -0.254. The minimum atomic E-state index is -4.49. The molecule has 1 heterocycles. The molecule has 52 heavy (non-hydrogen) atoms. The fourth-order valence-corrected chi connectivity index (χ4v) is 6.72. The van der Waals surface area contributed by atoms with Gasteiger partial charge in [0.25, 0.3) is 0 Å². The highest BCUT2D eigenvalue weighted by molar-refractivity contribution is 5.79. The van der Waals surface area contributed by atoms with Gasteiger partial charge in [0.1, 0.15) is 25.4 Å². The summed E-state index contributed by atoms with van der Waals surface area (Å²) < 4.78 is 116. The molecule has 4 aliphatic carbocycles. The van der Waals surface area contributed by atoms with Gasteiger partial charge in [0, 0.05) is 6.42 Å². The van der Waals surface area contributed by atoms with E-state index >= 15 is 0 Å². The Bertz CT molecular complexity index is 1170. The summed E-state index contributed by atoms with van der Waals surface area (Å²) in [7, 11) is 0. The van der Waals surface area contributed by atoms with Gasteiger partial charge in [0.2, 0.25) is 5.79 Å². The average molecular weight is 771 g/mol. The summed E-state index contributed by atoms with van der Waals surface area (Å²) in [5.41, 5.74) is -3.09. The van der Waals surface area contributed by atoms with Gasteiger partial charge in [-0.2, -0.15) is 30.7 Å². The zero-order valence-corrected chi connectivity index (χ0v) is 28.9. The summed E-state index contributed by atoms with van der Waals surface area (Å²) in [5.74, 6) is -11.9. The first-order valence-electron chi connectivity index (χ1n) is 16.4. The van der Waals surface area contributed by atoms with E-state index in [0.29, 0.717) is 44.9 Å². The van der Waals surface area contributed by atoms with Gasteiger partial charge >= 0.3 is 35.9 Å². The summed E-state index contributed by atoms with van der Waals surface area (Å²) in [6, 6.07) is 0. The summed E-state index contributed by atoms with van der Waals surface area (Å²) in [4.78, 5) is 37.4. The number of ether oxygens (including phenoxy) is 5. The fraction of sp³-hybridized carbons (Fsp3) is 0.919. The second-order valence-corrected chi connectivity index (χ2v) is 15.6. The molecule has 0 N–H and O–H groups in total. The number of carbonyl (C=O) groups excluding carboxylic acids is 3. The quantitative estimate of drug-likeness (QED) is 0.130. The highest BCUT2D eigenvalue weighted by Gasteiger charge is 2.64. The summed E-state index contributed by atoms with van der Waals surface area (Å²) in [6.07, 6.45) is -1.57. The minimum Gasteiger partial charge on any atom is -0.460 e. The molecule has 1 saturated heterocycles. The predicted octanol–water partition coefficient (Wildman–Crippen LogP) is 10.3. The van der Waals surface area contributed by atoms with Gasteiger partial charge in [-0.15, -0.1) is 0 Å². The first-order chi connectivity index (χ1) is 21.7. The van der Waals surface area contributed by atoms with E-state index in [1.54, 1.807) is 20.8 Å². The molecule has 1 aliphatic heterocycles. The molecule has 0 amide bonds. The standard InChI is InChI=1S/C24H34F4O6.C9H15F3O2.4CH4/c1-5-19(2,3)17(29)34-22-9-15-6-16(10-22)8-21(7-15,11-22)18(30)31-12-20(4)32-13-23(25,26)24(27,28)14-33-20;1-5-8(3,4)7(13)14-6(2)9(10,11)12;;;;/h15-16H,5-14H2,1-4H3;6H,5H2,1-4H3;4*1H4. The number of hydrogen-bond acceptors (Lipinski definition) is 8. The minimum absolute atomic E-state index is 0. The van der Waals surface area contributed by atoms with E-state index in [9.17, 15) is 45.1 Å². The maximum atomic E-state index is 13.6. The van der Waals surface area contributed by atoms with E-state index < -0.39 is 83.5 Å². The van der Waals surface area contributed by atoms with Crippen molar-refractivity contribution in [3.8, 4) is 0 Å². The first kappa shape index (κ1) is 51.9. The lowest BCUT2D eigenvalue weighted by Crippen LogP contribution is -2.60. The SMILES string of the molecule is C.C.C.C.CCC(C)(C)C(=O)OC(C)C(F)(F)F.CCC(C)(C)C(=O)OC12CC3CC(C1)CC(C(=O)OCC1(C)OCC(F)(F)C(F)(F)CO1)(C3)C2. The molecule has 15 heteroatoms. The second-order valence-electron chi connectivity index (χ2n) is 15.6. The van der Waals surface area contributed by atoms with Crippen LogP contribution in [0.15, 0.2) is 0 Å². The van der Waals surface area contributed by atoms with Crippen LogP contribution in [0.5, 0.6) is 0 Å². The van der Waals surface area contributed by atoms with Gasteiger partial charge in [-0.1, -0.05) is 43.6 Å². The van der Waals surface area contributed by atoms with Crippen molar-refractivity contribution in [2.75, 3.05) is 19.8 Å². The van der Waals surface area contributed by atoms with Gasteiger partial charge < -0.3 is 23.7 Å². The first-order valence-corrected chi connectivity index (χ1v) is 16.4. The van der Waals surface area contributed by atoms with Crippen LogP contribution in [0.3, 0.4) is 0 Å². The Balaban J connectivity index is 0. The number of carbonyl (C=O) groups is 3. The van der Waals surface area contributed by atoms with Crippen molar-refractivity contribution in [3.63, 3.8) is 0 Å². The zero-order valence-electron chi connectivity index (χ0n) is 28.9. The van der Waals surface area contributed by atoms with Crippen molar-refractivity contribution in [2.24, 2.45) is 28.1 Å². The van der Waals surface area contributed by atoms with Crippen LogP contribution in [0.1, 0.15) is 136 Å². The Morgan fingerprint density at radius 2 is 1.19 bits per heavy atom. The molecule has 5 rings (SSSR count). The molecule has 0 aromatic carbocycles. The third kappa shape index (κ3) is 11.4. The van der Waals surface area contributed by atoms with Crippen LogP contribution in [-0.2, 0) is 38.1 Å². The van der Waals surface area contributed by atoms with Crippen LogP contribution in [0.2, 0.25) is 0 Å². The molecule has 3 unspecified atom stereocenters. The molecular formula is C37H65F7O8. The maximum Gasteiger partial charge on any atom is 0.425 e. The second kappa shape index (κ2) is 17.5. The molecule has 5 fully saturated rings. The topological polar surface area (TPSA) is 97.4 Å². The van der Waals surface area contributed by atoms with Crippen molar-refractivity contribution in [3.05, 3.63) is 0 Å². The monoisotopic (exact) mass is 770 g/mol. The predicted molar refractivity (Wildman–Crippen MR) is 184 cm³/mol. The lowest BCUT2D eigenvalue weighted by Gasteiger charge is -2.60. The highest BCUT2D eigenvalue weighted by atomic mass is 19.4. The van der Waals surface area contributed by atoms with E-state index in [-0.39, 0.29) is 47.5 Å². The van der Waals surface area contributed by atoms with Crippen molar-refractivity contribution in [1.29, 1.82) is 0 Å². The highest BCUT2D eigenvalue weighted by Crippen LogP contribution is 2.63. The molecule has 0 aromatic rings. The molecule has 310 valence electrons. The number of alkyl halides is 7. The summed E-state index contributed by atoms with van der Waals surface area (Å²) in [6.45, 7) is 8.76. The largest absolute Gasteiger partial charge is 0.460 e. The van der Waals surface area contributed by atoms with Crippen molar-refractivity contribution in [2.45, 2.75) is 172 Å².